The molecule has 1 saturated heterocycles. The summed E-state index contributed by atoms with van der Waals surface area (Å²) >= 11 is 1.51. The molecule has 5 nitrogen and oxygen atoms in total. The summed E-state index contributed by atoms with van der Waals surface area (Å²) in [6.07, 6.45) is 2.64. The minimum absolute atomic E-state index is 0.224. The summed E-state index contributed by atoms with van der Waals surface area (Å²) in [7, 11) is 0. The zero-order valence-electron chi connectivity index (χ0n) is 10.1. The van der Waals surface area contributed by atoms with E-state index < -0.39 is 12.0 Å². The third kappa shape index (κ3) is 5.41. The van der Waals surface area contributed by atoms with E-state index >= 15 is 0 Å². The fraction of sp³-hybridized carbons (Fsp3) is 0.818. The van der Waals surface area contributed by atoms with Gasteiger partial charge in [-0.2, -0.15) is 11.8 Å². The fourth-order valence-electron chi connectivity index (χ4n) is 1.75. The van der Waals surface area contributed by atoms with Crippen molar-refractivity contribution in [1.29, 1.82) is 0 Å². The van der Waals surface area contributed by atoms with Gasteiger partial charge in [0.2, 0.25) is 5.91 Å². The Morgan fingerprint density at radius 2 is 2.24 bits per heavy atom. The molecule has 1 aliphatic rings. The normalized spacial score (nSPS) is 25.5. The Kier molecular flexibility index (Phi) is 5.77. The highest BCUT2D eigenvalue weighted by Gasteiger charge is 2.23. The van der Waals surface area contributed by atoms with Crippen LogP contribution < -0.4 is 5.32 Å². The molecule has 0 spiro atoms. The van der Waals surface area contributed by atoms with Crippen molar-refractivity contribution in [3.63, 3.8) is 0 Å². The van der Waals surface area contributed by atoms with E-state index in [0.717, 1.165) is 18.6 Å². The van der Waals surface area contributed by atoms with E-state index in [4.69, 9.17) is 9.84 Å². The standard InChI is InChI=1S/C11H19NO4S/c1-7-3-4-9(16-7)5-17-6-10(11(14)15)12-8(2)13/h7,9-10H,3-6H2,1-2H3,(H,12,13)(H,14,15). The molecule has 0 aromatic rings. The molecule has 1 amide bonds. The van der Waals surface area contributed by atoms with Crippen LogP contribution in [0.4, 0.5) is 0 Å². The molecule has 98 valence electrons. The minimum atomic E-state index is -0.992. The molecule has 17 heavy (non-hydrogen) atoms. The lowest BCUT2D eigenvalue weighted by Gasteiger charge is -2.15. The summed E-state index contributed by atoms with van der Waals surface area (Å²) in [6, 6.07) is -0.809. The predicted octanol–water partition coefficient (Wildman–Crippen LogP) is 0.876. The van der Waals surface area contributed by atoms with Crippen molar-refractivity contribution in [3.05, 3.63) is 0 Å². The maximum absolute atomic E-state index is 10.9. The monoisotopic (exact) mass is 261 g/mol. The number of rotatable bonds is 6. The molecule has 1 rings (SSSR count). The maximum atomic E-state index is 10.9. The molecular formula is C11H19NO4S. The van der Waals surface area contributed by atoms with Gasteiger partial charge >= 0.3 is 5.97 Å². The first-order valence-corrected chi connectivity index (χ1v) is 6.87. The van der Waals surface area contributed by atoms with Gasteiger partial charge in [-0.3, -0.25) is 4.79 Å². The van der Waals surface area contributed by atoms with Crippen LogP contribution in [-0.4, -0.2) is 46.7 Å². The number of amides is 1. The number of hydrogen-bond acceptors (Lipinski definition) is 4. The summed E-state index contributed by atoms with van der Waals surface area (Å²) in [6.45, 7) is 3.37. The molecular weight excluding hydrogens is 242 g/mol. The van der Waals surface area contributed by atoms with Crippen molar-refractivity contribution in [2.45, 2.75) is 44.9 Å². The van der Waals surface area contributed by atoms with E-state index in [1.165, 1.54) is 18.7 Å². The average Bonchev–Trinajstić information content (AvgIpc) is 2.62. The number of carbonyl (C=O) groups is 2. The van der Waals surface area contributed by atoms with E-state index in [1.807, 2.05) is 6.92 Å². The van der Waals surface area contributed by atoms with E-state index in [9.17, 15) is 9.59 Å². The third-order valence-electron chi connectivity index (χ3n) is 2.58. The summed E-state index contributed by atoms with van der Waals surface area (Å²) in [4.78, 5) is 21.7. The molecule has 0 radical (unpaired) electrons. The number of hydrogen-bond donors (Lipinski definition) is 2. The molecule has 1 heterocycles. The molecule has 0 aromatic carbocycles. The number of carboxylic acids is 1. The van der Waals surface area contributed by atoms with Crippen LogP contribution in [0.25, 0.3) is 0 Å². The van der Waals surface area contributed by atoms with Crippen molar-refractivity contribution in [3.8, 4) is 0 Å². The first kappa shape index (κ1) is 14.3. The largest absolute Gasteiger partial charge is 0.480 e. The Labute approximate surface area is 105 Å². The molecule has 0 aliphatic carbocycles. The number of thioether (sulfide) groups is 1. The van der Waals surface area contributed by atoms with Crippen LogP contribution in [-0.2, 0) is 14.3 Å². The number of ether oxygens (including phenoxy) is 1. The molecule has 0 saturated carbocycles. The lowest BCUT2D eigenvalue weighted by atomic mass is 10.2. The van der Waals surface area contributed by atoms with Crippen LogP contribution in [0.5, 0.6) is 0 Å². The number of carbonyl (C=O) groups excluding carboxylic acids is 1. The Hall–Kier alpha value is -0.750. The third-order valence-corrected chi connectivity index (χ3v) is 3.76. The van der Waals surface area contributed by atoms with Gasteiger partial charge in [0.25, 0.3) is 0 Å². The van der Waals surface area contributed by atoms with Gasteiger partial charge < -0.3 is 15.2 Å². The topological polar surface area (TPSA) is 75.6 Å². The first-order chi connectivity index (χ1) is 7.99. The van der Waals surface area contributed by atoms with Gasteiger partial charge in [-0.15, -0.1) is 0 Å². The lowest BCUT2D eigenvalue weighted by molar-refractivity contribution is -0.140. The Morgan fingerprint density at radius 3 is 2.71 bits per heavy atom. The van der Waals surface area contributed by atoms with E-state index in [1.54, 1.807) is 0 Å². The SMILES string of the molecule is CC(=O)NC(CSCC1CCC(C)O1)C(=O)O. The Balaban J connectivity index is 2.22. The van der Waals surface area contributed by atoms with Gasteiger partial charge in [0.05, 0.1) is 12.2 Å². The number of aliphatic carboxylic acids is 1. The zero-order chi connectivity index (χ0) is 12.8. The summed E-state index contributed by atoms with van der Waals surface area (Å²) < 4.78 is 5.63. The molecule has 6 heteroatoms. The van der Waals surface area contributed by atoms with Crippen molar-refractivity contribution in [1.82, 2.24) is 5.32 Å². The zero-order valence-corrected chi connectivity index (χ0v) is 11.0. The molecule has 3 unspecified atom stereocenters. The lowest BCUT2D eigenvalue weighted by Crippen LogP contribution is -2.41. The molecule has 0 aromatic heterocycles. The molecule has 3 atom stereocenters. The van der Waals surface area contributed by atoms with Crippen LogP contribution >= 0.6 is 11.8 Å². The van der Waals surface area contributed by atoms with E-state index in [0.29, 0.717) is 11.9 Å². The van der Waals surface area contributed by atoms with Crippen LogP contribution in [0, 0.1) is 0 Å². The Bertz CT molecular complexity index is 285. The van der Waals surface area contributed by atoms with Crippen LogP contribution in [0.3, 0.4) is 0 Å². The van der Waals surface area contributed by atoms with Gasteiger partial charge in [-0.05, 0) is 19.8 Å². The first-order valence-electron chi connectivity index (χ1n) is 5.72. The highest BCUT2D eigenvalue weighted by molar-refractivity contribution is 7.99. The van der Waals surface area contributed by atoms with Gasteiger partial charge in [0, 0.05) is 18.4 Å². The van der Waals surface area contributed by atoms with Crippen LogP contribution in [0.1, 0.15) is 26.7 Å². The number of carboxylic acid groups (broad SMARTS) is 1. The van der Waals surface area contributed by atoms with Crippen molar-refractivity contribution < 1.29 is 19.4 Å². The second-order valence-electron chi connectivity index (χ2n) is 4.27. The molecule has 1 aliphatic heterocycles. The van der Waals surface area contributed by atoms with Gasteiger partial charge in [0.1, 0.15) is 6.04 Å². The smallest absolute Gasteiger partial charge is 0.327 e. The highest BCUT2D eigenvalue weighted by atomic mass is 32.2. The molecule has 1 fully saturated rings. The summed E-state index contributed by atoms with van der Waals surface area (Å²) in [5.41, 5.74) is 0. The Morgan fingerprint density at radius 1 is 1.53 bits per heavy atom. The van der Waals surface area contributed by atoms with E-state index in [-0.39, 0.29) is 12.0 Å². The quantitative estimate of drug-likeness (QED) is 0.742. The maximum Gasteiger partial charge on any atom is 0.327 e. The van der Waals surface area contributed by atoms with Gasteiger partial charge in [-0.25, -0.2) is 4.79 Å². The fourth-order valence-corrected chi connectivity index (χ4v) is 2.85. The van der Waals surface area contributed by atoms with Crippen molar-refractivity contribution in [2.24, 2.45) is 0 Å². The highest BCUT2D eigenvalue weighted by Crippen LogP contribution is 2.22. The molecule has 2 N–H and O–H groups in total. The van der Waals surface area contributed by atoms with Gasteiger partial charge in [-0.1, -0.05) is 0 Å². The summed E-state index contributed by atoms with van der Waals surface area (Å²) in [5.74, 6) is -0.145. The van der Waals surface area contributed by atoms with Crippen molar-refractivity contribution >= 4 is 23.6 Å². The second-order valence-corrected chi connectivity index (χ2v) is 5.35. The predicted molar refractivity (Wildman–Crippen MR) is 66.1 cm³/mol. The molecule has 0 bridgehead atoms. The average molecular weight is 261 g/mol. The minimum Gasteiger partial charge on any atom is -0.480 e. The number of nitrogens with one attached hydrogen (secondary N) is 1. The second kappa shape index (κ2) is 6.86. The van der Waals surface area contributed by atoms with Crippen molar-refractivity contribution in [2.75, 3.05) is 11.5 Å². The van der Waals surface area contributed by atoms with Crippen LogP contribution in [0.15, 0.2) is 0 Å². The summed E-state index contributed by atoms with van der Waals surface area (Å²) in [5, 5.41) is 11.3. The van der Waals surface area contributed by atoms with E-state index in [2.05, 4.69) is 5.32 Å². The van der Waals surface area contributed by atoms with Crippen LogP contribution in [0.2, 0.25) is 0 Å². The van der Waals surface area contributed by atoms with Gasteiger partial charge in [0.15, 0.2) is 0 Å².